The summed E-state index contributed by atoms with van der Waals surface area (Å²) in [6, 6.07) is 0. The van der Waals surface area contributed by atoms with Crippen molar-refractivity contribution in [2.24, 2.45) is 5.41 Å². The smallest absolute Gasteiger partial charge is 0.0671 e. The van der Waals surface area contributed by atoms with Crippen molar-refractivity contribution in [3.8, 4) is 0 Å². The van der Waals surface area contributed by atoms with Gasteiger partial charge in [-0.25, -0.2) is 0 Å². The van der Waals surface area contributed by atoms with E-state index in [2.05, 4.69) is 34.6 Å². The standard InChI is InChI=1S/C18H37B/c1-6-9-11-13-15-17(4,18(5,19)8-3)16-14-12-10-7-2/h6-16H2,1-5H3. The van der Waals surface area contributed by atoms with Gasteiger partial charge in [0.1, 0.15) is 0 Å². The highest BCUT2D eigenvalue weighted by atomic mass is 14.4. The molecule has 0 aromatic heterocycles. The van der Waals surface area contributed by atoms with Gasteiger partial charge in [-0.2, -0.15) is 0 Å². The molecule has 0 saturated heterocycles. The zero-order valence-corrected chi connectivity index (χ0v) is 14.4. The molecule has 0 aliphatic rings. The first-order valence-electron chi connectivity index (χ1n) is 8.72. The fourth-order valence-electron chi connectivity index (χ4n) is 3.01. The minimum Gasteiger partial charge on any atom is -0.0671 e. The highest BCUT2D eigenvalue weighted by molar-refractivity contribution is 6.15. The average Bonchev–Trinajstić information content (AvgIpc) is 2.39. The largest absolute Gasteiger partial charge is 0.0749 e. The van der Waals surface area contributed by atoms with Crippen molar-refractivity contribution in [2.75, 3.05) is 0 Å². The maximum atomic E-state index is 6.62. The summed E-state index contributed by atoms with van der Waals surface area (Å²) in [7, 11) is 6.62. The molecule has 0 heterocycles. The first kappa shape index (κ1) is 19.1. The van der Waals surface area contributed by atoms with Gasteiger partial charge >= 0.3 is 0 Å². The Bertz CT molecular complexity index is 196. The summed E-state index contributed by atoms with van der Waals surface area (Å²) in [5.41, 5.74) is 0.323. The topological polar surface area (TPSA) is 0 Å². The van der Waals surface area contributed by atoms with Crippen LogP contribution in [0.5, 0.6) is 0 Å². The van der Waals surface area contributed by atoms with E-state index in [0.717, 1.165) is 6.42 Å². The van der Waals surface area contributed by atoms with Crippen LogP contribution in [0.15, 0.2) is 0 Å². The molecule has 0 aliphatic heterocycles. The number of unbranched alkanes of at least 4 members (excludes halogenated alkanes) is 6. The lowest BCUT2D eigenvalue weighted by atomic mass is 9.50. The molecule has 0 aliphatic carbocycles. The van der Waals surface area contributed by atoms with Gasteiger partial charge in [0.2, 0.25) is 0 Å². The van der Waals surface area contributed by atoms with Gasteiger partial charge < -0.3 is 0 Å². The van der Waals surface area contributed by atoms with Gasteiger partial charge in [0, 0.05) is 0 Å². The zero-order chi connectivity index (χ0) is 14.8. The highest BCUT2D eigenvalue weighted by Crippen LogP contribution is 2.52. The maximum absolute atomic E-state index is 6.62. The molecular formula is C18H37B. The molecule has 0 saturated carbocycles. The molecule has 0 aromatic rings. The third-order valence-electron chi connectivity index (χ3n) is 5.28. The summed E-state index contributed by atoms with van der Waals surface area (Å²) in [5, 5.41) is -0.00850. The third-order valence-corrected chi connectivity index (χ3v) is 5.28. The summed E-state index contributed by atoms with van der Waals surface area (Å²) in [6.07, 6.45) is 14.5. The number of rotatable bonds is 12. The van der Waals surface area contributed by atoms with Gasteiger partial charge in [-0.1, -0.05) is 97.7 Å². The molecule has 0 amide bonds. The van der Waals surface area contributed by atoms with Crippen LogP contribution < -0.4 is 0 Å². The summed E-state index contributed by atoms with van der Waals surface area (Å²) in [4.78, 5) is 0. The minimum absolute atomic E-state index is 0.00850. The predicted octanol–water partition coefficient (Wildman–Crippen LogP) is 6.69. The van der Waals surface area contributed by atoms with Crippen molar-refractivity contribution >= 4 is 7.85 Å². The van der Waals surface area contributed by atoms with E-state index in [9.17, 15) is 0 Å². The molecule has 1 atom stereocenters. The van der Waals surface area contributed by atoms with E-state index in [1.165, 1.54) is 64.2 Å². The van der Waals surface area contributed by atoms with Gasteiger partial charge in [0.25, 0.3) is 0 Å². The summed E-state index contributed by atoms with van der Waals surface area (Å²) < 4.78 is 0. The Kier molecular flexibility index (Phi) is 9.92. The lowest BCUT2D eigenvalue weighted by Gasteiger charge is -2.45. The Morgan fingerprint density at radius 2 is 1.11 bits per heavy atom. The second-order valence-electron chi connectivity index (χ2n) is 6.95. The molecule has 1 heteroatoms. The quantitative estimate of drug-likeness (QED) is 0.272. The molecule has 19 heavy (non-hydrogen) atoms. The molecule has 0 fully saturated rings. The van der Waals surface area contributed by atoms with Gasteiger partial charge in [0.15, 0.2) is 0 Å². The second kappa shape index (κ2) is 9.89. The average molecular weight is 264 g/mol. The Labute approximate surface area is 124 Å². The van der Waals surface area contributed by atoms with Gasteiger partial charge in [0.05, 0.1) is 7.85 Å². The molecule has 2 radical (unpaired) electrons. The van der Waals surface area contributed by atoms with Gasteiger partial charge in [-0.3, -0.25) is 0 Å². The lowest BCUT2D eigenvalue weighted by molar-refractivity contribution is 0.166. The van der Waals surface area contributed by atoms with Crippen LogP contribution in [-0.2, 0) is 0 Å². The molecule has 1 unspecified atom stereocenters. The molecule has 0 aromatic carbocycles. The van der Waals surface area contributed by atoms with E-state index in [1.807, 2.05) is 0 Å². The number of hydrogen-bond acceptors (Lipinski definition) is 0. The van der Waals surface area contributed by atoms with E-state index < -0.39 is 0 Å². The molecule has 0 spiro atoms. The van der Waals surface area contributed by atoms with Crippen LogP contribution in [0, 0.1) is 5.41 Å². The second-order valence-corrected chi connectivity index (χ2v) is 6.95. The fraction of sp³-hybridized carbons (Fsp3) is 1.00. The van der Waals surface area contributed by atoms with E-state index >= 15 is 0 Å². The molecular weight excluding hydrogens is 227 g/mol. The van der Waals surface area contributed by atoms with Crippen molar-refractivity contribution in [1.29, 1.82) is 0 Å². The van der Waals surface area contributed by atoms with Gasteiger partial charge in [-0.05, 0) is 18.3 Å². The van der Waals surface area contributed by atoms with Crippen LogP contribution in [-0.4, -0.2) is 7.85 Å². The van der Waals surface area contributed by atoms with Crippen molar-refractivity contribution in [2.45, 2.75) is 111 Å². The van der Waals surface area contributed by atoms with E-state index in [1.54, 1.807) is 0 Å². The first-order chi connectivity index (χ1) is 8.93. The Morgan fingerprint density at radius 3 is 1.42 bits per heavy atom. The van der Waals surface area contributed by atoms with E-state index in [-0.39, 0.29) is 5.31 Å². The first-order valence-corrected chi connectivity index (χ1v) is 8.72. The zero-order valence-electron chi connectivity index (χ0n) is 14.4. The van der Waals surface area contributed by atoms with E-state index in [0.29, 0.717) is 5.41 Å². The molecule has 0 rings (SSSR count). The molecule has 0 bridgehead atoms. The normalized spacial score (nSPS) is 15.4. The minimum atomic E-state index is -0.00850. The Balaban J connectivity index is 4.36. The SMILES string of the molecule is [B]C(C)(CC)C(C)(CCCCCC)CCCCCC. The Morgan fingerprint density at radius 1 is 0.684 bits per heavy atom. The summed E-state index contributed by atoms with van der Waals surface area (Å²) in [6.45, 7) is 11.5. The Hall–Kier alpha value is 0.0649. The van der Waals surface area contributed by atoms with Crippen molar-refractivity contribution < 1.29 is 0 Å². The van der Waals surface area contributed by atoms with Crippen molar-refractivity contribution in [1.82, 2.24) is 0 Å². The van der Waals surface area contributed by atoms with Crippen LogP contribution >= 0.6 is 0 Å². The van der Waals surface area contributed by atoms with Crippen LogP contribution in [0.25, 0.3) is 0 Å². The third kappa shape index (κ3) is 6.86. The fourth-order valence-corrected chi connectivity index (χ4v) is 3.01. The van der Waals surface area contributed by atoms with Crippen LogP contribution in [0.1, 0.15) is 105 Å². The lowest BCUT2D eigenvalue weighted by Crippen LogP contribution is -2.32. The summed E-state index contributed by atoms with van der Waals surface area (Å²) in [5.74, 6) is 0. The predicted molar refractivity (Wildman–Crippen MR) is 90.0 cm³/mol. The van der Waals surface area contributed by atoms with Crippen molar-refractivity contribution in [3.05, 3.63) is 0 Å². The van der Waals surface area contributed by atoms with E-state index in [4.69, 9.17) is 7.85 Å². The van der Waals surface area contributed by atoms with Crippen LogP contribution in [0.2, 0.25) is 5.31 Å². The highest BCUT2D eigenvalue weighted by Gasteiger charge is 2.37. The molecule has 0 N–H and O–H groups in total. The van der Waals surface area contributed by atoms with Crippen molar-refractivity contribution in [3.63, 3.8) is 0 Å². The maximum Gasteiger partial charge on any atom is 0.0749 e. The molecule has 0 nitrogen and oxygen atoms in total. The molecule has 112 valence electrons. The van der Waals surface area contributed by atoms with Crippen LogP contribution in [0.4, 0.5) is 0 Å². The number of hydrogen-bond donors (Lipinski definition) is 0. The van der Waals surface area contributed by atoms with Crippen LogP contribution in [0.3, 0.4) is 0 Å². The summed E-state index contributed by atoms with van der Waals surface area (Å²) >= 11 is 0. The van der Waals surface area contributed by atoms with Gasteiger partial charge in [-0.15, -0.1) is 0 Å². The monoisotopic (exact) mass is 264 g/mol.